The first-order valence-corrected chi connectivity index (χ1v) is 7.12. The molecule has 108 valence electrons. The lowest BCUT2D eigenvalue weighted by atomic mass is 9.83. The van der Waals surface area contributed by atoms with Gasteiger partial charge in [0.15, 0.2) is 0 Å². The summed E-state index contributed by atoms with van der Waals surface area (Å²) < 4.78 is 0. The highest BCUT2D eigenvalue weighted by atomic mass is 16.6. The summed E-state index contributed by atoms with van der Waals surface area (Å²) in [5.41, 5.74) is 3.22. The Morgan fingerprint density at radius 3 is 2.80 bits per heavy atom. The first kappa shape index (κ1) is 14.6. The van der Waals surface area contributed by atoms with Gasteiger partial charge in [0.2, 0.25) is 0 Å². The van der Waals surface area contributed by atoms with Crippen molar-refractivity contribution in [3.05, 3.63) is 45.5 Å². The quantitative estimate of drug-likeness (QED) is 0.505. The smallest absolute Gasteiger partial charge is 0.274 e. The van der Waals surface area contributed by atoms with E-state index in [1.807, 2.05) is 6.07 Å². The molecular weight excluding hydrogens is 252 g/mol. The van der Waals surface area contributed by atoms with Crippen LogP contribution in [0.25, 0.3) is 0 Å². The fraction of sp³-hybridized carbons (Fsp3) is 0.500. The Kier molecular flexibility index (Phi) is 4.42. The monoisotopic (exact) mass is 274 g/mol. The van der Waals surface area contributed by atoms with Gasteiger partial charge >= 0.3 is 0 Å². The van der Waals surface area contributed by atoms with Gasteiger partial charge in [-0.3, -0.25) is 10.1 Å². The number of allylic oxidation sites excluding steroid dienone is 2. The number of rotatable bonds is 4. The molecule has 1 aliphatic carbocycles. The molecule has 4 nitrogen and oxygen atoms in total. The summed E-state index contributed by atoms with van der Waals surface area (Å²) in [6, 6.07) is 5.20. The van der Waals surface area contributed by atoms with Gasteiger partial charge in [-0.1, -0.05) is 24.6 Å². The molecule has 0 amide bonds. The molecule has 0 aromatic heterocycles. The minimum Gasteiger partial charge on any atom is -0.384 e. The summed E-state index contributed by atoms with van der Waals surface area (Å²) in [6.07, 6.45) is 4.64. The lowest BCUT2D eigenvalue weighted by molar-refractivity contribution is -0.385. The highest BCUT2D eigenvalue weighted by Crippen LogP contribution is 2.29. The molecule has 1 aromatic carbocycles. The van der Waals surface area contributed by atoms with Crippen LogP contribution in [0.3, 0.4) is 0 Å². The molecule has 2 rings (SSSR count). The van der Waals surface area contributed by atoms with Crippen LogP contribution in [-0.2, 0) is 0 Å². The van der Waals surface area contributed by atoms with E-state index in [9.17, 15) is 10.1 Å². The average molecular weight is 274 g/mol. The topological polar surface area (TPSA) is 55.2 Å². The van der Waals surface area contributed by atoms with Crippen molar-refractivity contribution < 1.29 is 4.92 Å². The molecule has 0 bridgehead atoms. The molecular formula is C16H22N2O2. The Balaban J connectivity index is 2.03. The van der Waals surface area contributed by atoms with E-state index in [1.165, 1.54) is 12.0 Å². The van der Waals surface area contributed by atoms with Crippen LogP contribution in [0.15, 0.2) is 29.8 Å². The highest BCUT2D eigenvalue weighted by Gasteiger charge is 2.19. The van der Waals surface area contributed by atoms with Crippen LogP contribution in [-0.4, -0.2) is 11.5 Å². The third kappa shape index (κ3) is 3.38. The van der Waals surface area contributed by atoms with Crippen LogP contribution >= 0.6 is 0 Å². The molecule has 2 atom stereocenters. The van der Waals surface area contributed by atoms with Crippen molar-refractivity contribution >= 4 is 11.4 Å². The van der Waals surface area contributed by atoms with Crippen molar-refractivity contribution in [2.45, 2.75) is 33.6 Å². The molecule has 1 aliphatic rings. The standard InChI is InChI=1S/C16H22N2O2/c1-11-7-12(2)9-14(8-11)10-17-15-5-4-6-16(13(15)3)18(19)20/h4-7,11,14,17H,8-10H2,1-3H3. The van der Waals surface area contributed by atoms with Crippen LogP contribution < -0.4 is 5.32 Å². The SMILES string of the molecule is CC1=CC(C)CC(CNc2cccc([N+](=O)[O-])c2C)C1. The second kappa shape index (κ2) is 6.07. The van der Waals surface area contributed by atoms with Crippen LogP contribution in [0.2, 0.25) is 0 Å². The van der Waals surface area contributed by atoms with Gasteiger partial charge in [0.05, 0.1) is 4.92 Å². The number of hydrogen-bond donors (Lipinski definition) is 1. The second-order valence-corrected chi connectivity index (χ2v) is 5.88. The van der Waals surface area contributed by atoms with Gasteiger partial charge in [-0.2, -0.15) is 0 Å². The maximum absolute atomic E-state index is 10.9. The Morgan fingerprint density at radius 1 is 1.40 bits per heavy atom. The fourth-order valence-corrected chi connectivity index (χ4v) is 3.11. The number of nitrogens with one attached hydrogen (secondary N) is 1. The van der Waals surface area contributed by atoms with Gasteiger partial charge in [0.25, 0.3) is 5.69 Å². The number of hydrogen-bond acceptors (Lipinski definition) is 3. The molecule has 0 heterocycles. The van der Waals surface area contributed by atoms with Crippen molar-refractivity contribution in [1.29, 1.82) is 0 Å². The summed E-state index contributed by atoms with van der Waals surface area (Å²) in [5, 5.41) is 14.3. The Hall–Kier alpha value is -1.84. The molecule has 0 radical (unpaired) electrons. The highest BCUT2D eigenvalue weighted by molar-refractivity contribution is 5.59. The summed E-state index contributed by atoms with van der Waals surface area (Å²) >= 11 is 0. The number of nitro groups is 1. The van der Waals surface area contributed by atoms with Crippen molar-refractivity contribution in [2.75, 3.05) is 11.9 Å². The lowest BCUT2D eigenvalue weighted by Gasteiger charge is -2.26. The molecule has 4 heteroatoms. The maximum Gasteiger partial charge on any atom is 0.274 e. The van der Waals surface area contributed by atoms with Gasteiger partial charge in [-0.15, -0.1) is 0 Å². The van der Waals surface area contributed by atoms with E-state index in [0.29, 0.717) is 17.4 Å². The molecule has 0 aliphatic heterocycles. The molecule has 20 heavy (non-hydrogen) atoms. The van der Waals surface area contributed by atoms with E-state index >= 15 is 0 Å². The third-order valence-electron chi connectivity index (χ3n) is 3.97. The number of nitrogens with zero attached hydrogens (tertiary/aromatic N) is 1. The number of nitro benzene ring substituents is 1. The first-order chi connectivity index (χ1) is 9.47. The van der Waals surface area contributed by atoms with Crippen LogP contribution in [0.4, 0.5) is 11.4 Å². The molecule has 0 saturated heterocycles. The largest absolute Gasteiger partial charge is 0.384 e. The number of anilines is 1. The minimum atomic E-state index is -0.323. The molecule has 0 spiro atoms. The zero-order valence-electron chi connectivity index (χ0n) is 12.3. The van der Waals surface area contributed by atoms with E-state index < -0.39 is 0 Å². The fourth-order valence-electron chi connectivity index (χ4n) is 3.11. The Morgan fingerprint density at radius 2 is 2.15 bits per heavy atom. The van der Waals surface area contributed by atoms with Gasteiger partial charge in [0, 0.05) is 23.9 Å². The maximum atomic E-state index is 10.9. The second-order valence-electron chi connectivity index (χ2n) is 5.88. The van der Waals surface area contributed by atoms with Gasteiger partial charge in [-0.05, 0) is 44.6 Å². The van der Waals surface area contributed by atoms with Crippen molar-refractivity contribution in [2.24, 2.45) is 11.8 Å². The summed E-state index contributed by atoms with van der Waals surface area (Å²) in [7, 11) is 0. The Bertz CT molecular complexity index is 537. The van der Waals surface area contributed by atoms with E-state index in [1.54, 1.807) is 19.1 Å². The van der Waals surface area contributed by atoms with Crippen LogP contribution in [0.5, 0.6) is 0 Å². The van der Waals surface area contributed by atoms with Crippen LogP contribution in [0.1, 0.15) is 32.3 Å². The average Bonchev–Trinajstić information content (AvgIpc) is 2.36. The number of benzene rings is 1. The molecule has 0 saturated carbocycles. The molecule has 1 N–H and O–H groups in total. The first-order valence-electron chi connectivity index (χ1n) is 7.12. The zero-order valence-corrected chi connectivity index (χ0v) is 12.3. The lowest BCUT2D eigenvalue weighted by Crippen LogP contribution is -2.20. The minimum absolute atomic E-state index is 0.183. The van der Waals surface area contributed by atoms with Crippen molar-refractivity contribution in [3.63, 3.8) is 0 Å². The predicted octanol–water partition coefficient (Wildman–Crippen LogP) is 4.31. The van der Waals surface area contributed by atoms with E-state index in [2.05, 4.69) is 25.2 Å². The van der Waals surface area contributed by atoms with Crippen molar-refractivity contribution in [1.82, 2.24) is 0 Å². The summed E-state index contributed by atoms with van der Waals surface area (Å²) in [5.74, 6) is 1.23. The Labute approximate surface area is 120 Å². The molecule has 2 unspecified atom stereocenters. The van der Waals surface area contributed by atoms with E-state index in [4.69, 9.17) is 0 Å². The van der Waals surface area contributed by atoms with Gasteiger partial charge in [-0.25, -0.2) is 0 Å². The summed E-state index contributed by atoms with van der Waals surface area (Å²) in [4.78, 5) is 10.6. The third-order valence-corrected chi connectivity index (χ3v) is 3.97. The van der Waals surface area contributed by atoms with Gasteiger partial charge in [0.1, 0.15) is 0 Å². The summed E-state index contributed by atoms with van der Waals surface area (Å²) in [6.45, 7) is 7.10. The normalized spacial score (nSPS) is 22.2. The van der Waals surface area contributed by atoms with E-state index in [0.717, 1.165) is 18.7 Å². The predicted molar refractivity (Wildman–Crippen MR) is 82.0 cm³/mol. The molecule has 0 fully saturated rings. The van der Waals surface area contributed by atoms with E-state index in [-0.39, 0.29) is 10.6 Å². The van der Waals surface area contributed by atoms with Gasteiger partial charge < -0.3 is 5.32 Å². The molecule has 1 aromatic rings. The van der Waals surface area contributed by atoms with Crippen LogP contribution in [0, 0.1) is 28.9 Å². The zero-order chi connectivity index (χ0) is 14.7. The van der Waals surface area contributed by atoms with Crippen molar-refractivity contribution in [3.8, 4) is 0 Å².